The molecular formula is C21H22N2O2. The second-order valence-corrected chi connectivity index (χ2v) is 6.34. The lowest BCUT2D eigenvalue weighted by atomic mass is 9.99. The van der Waals surface area contributed by atoms with Gasteiger partial charge in [0.1, 0.15) is 5.76 Å². The fraction of sp³-hybridized carbons (Fsp3) is 0.238. The summed E-state index contributed by atoms with van der Waals surface area (Å²) in [5.74, 6) is 0.602. The van der Waals surface area contributed by atoms with Gasteiger partial charge in [-0.2, -0.15) is 0 Å². The Morgan fingerprint density at radius 1 is 1.08 bits per heavy atom. The van der Waals surface area contributed by atoms with Crippen molar-refractivity contribution >= 4 is 11.6 Å². The van der Waals surface area contributed by atoms with E-state index in [1.807, 2.05) is 63.2 Å². The van der Waals surface area contributed by atoms with E-state index in [0.717, 1.165) is 33.8 Å². The van der Waals surface area contributed by atoms with Crippen LogP contribution in [0.5, 0.6) is 0 Å². The van der Waals surface area contributed by atoms with E-state index < -0.39 is 0 Å². The van der Waals surface area contributed by atoms with Gasteiger partial charge in [-0.1, -0.05) is 54.5 Å². The molecule has 1 amide bonds. The molecule has 4 nitrogen and oxygen atoms in total. The fourth-order valence-electron chi connectivity index (χ4n) is 2.86. The van der Waals surface area contributed by atoms with Gasteiger partial charge in [0.2, 0.25) is 5.91 Å². The number of benzene rings is 2. The summed E-state index contributed by atoms with van der Waals surface area (Å²) < 4.78 is 5.18. The van der Waals surface area contributed by atoms with Gasteiger partial charge in [-0.05, 0) is 43.5 Å². The second kappa shape index (κ2) is 7.34. The van der Waals surface area contributed by atoms with Crippen LogP contribution in [0.3, 0.4) is 0 Å². The number of hydrogen-bond acceptors (Lipinski definition) is 3. The molecule has 1 aromatic heterocycles. The van der Waals surface area contributed by atoms with Crippen molar-refractivity contribution in [2.45, 2.75) is 27.2 Å². The zero-order valence-corrected chi connectivity index (χ0v) is 14.7. The lowest BCUT2D eigenvalue weighted by molar-refractivity contribution is -0.119. The van der Waals surface area contributed by atoms with Gasteiger partial charge in [0.25, 0.3) is 0 Å². The van der Waals surface area contributed by atoms with Crippen LogP contribution < -0.4 is 5.32 Å². The maximum Gasteiger partial charge on any atom is 0.227 e. The van der Waals surface area contributed by atoms with Crippen molar-refractivity contribution in [1.29, 1.82) is 0 Å². The lowest BCUT2D eigenvalue weighted by Gasteiger charge is -2.13. The topological polar surface area (TPSA) is 55.1 Å². The summed E-state index contributed by atoms with van der Waals surface area (Å²) in [6.07, 6.45) is 0.616. The van der Waals surface area contributed by atoms with E-state index in [-0.39, 0.29) is 11.8 Å². The first-order valence-electron chi connectivity index (χ1n) is 8.42. The Morgan fingerprint density at radius 3 is 2.48 bits per heavy atom. The molecule has 128 valence electrons. The highest BCUT2D eigenvalue weighted by Gasteiger charge is 2.18. The lowest BCUT2D eigenvalue weighted by Crippen LogP contribution is -2.22. The number of carbonyl (C=O) groups is 1. The van der Waals surface area contributed by atoms with E-state index >= 15 is 0 Å². The third kappa shape index (κ3) is 3.97. The van der Waals surface area contributed by atoms with Gasteiger partial charge < -0.3 is 9.84 Å². The summed E-state index contributed by atoms with van der Waals surface area (Å²) in [6, 6.07) is 18.0. The summed E-state index contributed by atoms with van der Waals surface area (Å²) in [5.41, 5.74) is 4.88. The molecule has 0 saturated carbocycles. The number of aromatic nitrogens is 1. The van der Waals surface area contributed by atoms with Crippen LogP contribution >= 0.6 is 0 Å². The quantitative estimate of drug-likeness (QED) is 0.731. The van der Waals surface area contributed by atoms with Gasteiger partial charge in [-0.15, -0.1) is 0 Å². The summed E-state index contributed by atoms with van der Waals surface area (Å²) in [7, 11) is 0. The zero-order valence-electron chi connectivity index (χ0n) is 14.7. The van der Waals surface area contributed by atoms with Crippen molar-refractivity contribution < 1.29 is 9.32 Å². The molecule has 0 saturated heterocycles. The van der Waals surface area contributed by atoms with Crippen molar-refractivity contribution in [2.75, 3.05) is 5.32 Å². The van der Waals surface area contributed by atoms with E-state index in [0.29, 0.717) is 6.42 Å². The van der Waals surface area contributed by atoms with Gasteiger partial charge in [0, 0.05) is 17.2 Å². The molecule has 0 spiro atoms. The minimum Gasteiger partial charge on any atom is -0.361 e. The maximum absolute atomic E-state index is 12.5. The van der Waals surface area contributed by atoms with Crippen molar-refractivity contribution in [3.63, 3.8) is 0 Å². The molecular weight excluding hydrogens is 312 g/mol. The highest BCUT2D eigenvalue weighted by atomic mass is 16.5. The van der Waals surface area contributed by atoms with Crippen molar-refractivity contribution in [2.24, 2.45) is 5.92 Å². The Balaban J connectivity index is 1.71. The normalized spacial score (nSPS) is 12.0. The van der Waals surface area contributed by atoms with E-state index in [1.54, 1.807) is 0 Å². The van der Waals surface area contributed by atoms with Crippen LogP contribution in [0.2, 0.25) is 0 Å². The monoisotopic (exact) mass is 334 g/mol. The van der Waals surface area contributed by atoms with Gasteiger partial charge in [-0.25, -0.2) is 0 Å². The highest BCUT2D eigenvalue weighted by Crippen LogP contribution is 2.23. The molecule has 1 heterocycles. The minimum atomic E-state index is -0.169. The van der Waals surface area contributed by atoms with E-state index in [2.05, 4.69) is 22.6 Å². The average Bonchev–Trinajstić information content (AvgIpc) is 2.94. The van der Waals surface area contributed by atoms with Gasteiger partial charge in [-0.3, -0.25) is 4.79 Å². The van der Waals surface area contributed by atoms with Crippen LogP contribution in [0.15, 0.2) is 59.1 Å². The van der Waals surface area contributed by atoms with E-state index in [9.17, 15) is 4.79 Å². The van der Waals surface area contributed by atoms with Crippen LogP contribution in [0.4, 0.5) is 5.69 Å². The molecule has 0 bridgehead atoms. The number of nitrogens with zero attached hydrogens (tertiary/aromatic N) is 1. The Kier molecular flexibility index (Phi) is 4.98. The van der Waals surface area contributed by atoms with Crippen molar-refractivity contribution in [1.82, 2.24) is 5.16 Å². The highest BCUT2D eigenvalue weighted by molar-refractivity contribution is 5.93. The van der Waals surface area contributed by atoms with E-state index in [1.165, 1.54) is 0 Å². The molecule has 2 aromatic carbocycles. The first-order valence-corrected chi connectivity index (χ1v) is 8.42. The first kappa shape index (κ1) is 17.0. The number of hydrogen-bond donors (Lipinski definition) is 1. The maximum atomic E-state index is 12.5. The van der Waals surface area contributed by atoms with Gasteiger partial charge in [0.05, 0.1) is 5.69 Å². The van der Waals surface area contributed by atoms with Crippen LogP contribution in [0, 0.1) is 19.8 Å². The predicted octanol–water partition coefficient (Wildman–Crippen LogP) is 4.78. The predicted molar refractivity (Wildman–Crippen MR) is 99.4 cm³/mol. The minimum absolute atomic E-state index is 0.00906. The molecule has 0 aliphatic carbocycles. The van der Waals surface area contributed by atoms with Gasteiger partial charge in [0.15, 0.2) is 0 Å². The van der Waals surface area contributed by atoms with Crippen LogP contribution in [-0.2, 0) is 11.2 Å². The largest absolute Gasteiger partial charge is 0.361 e. The number of rotatable bonds is 5. The van der Waals surface area contributed by atoms with Gasteiger partial charge >= 0.3 is 0 Å². The number of carbonyl (C=O) groups excluding carboxylic acids is 1. The summed E-state index contributed by atoms with van der Waals surface area (Å²) in [5, 5.41) is 6.96. The molecule has 4 heteroatoms. The molecule has 0 fully saturated rings. The first-order chi connectivity index (χ1) is 12.0. The molecule has 0 aliphatic rings. The molecule has 0 aliphatic heterocycles. The van der Waals surface area contributed by atoms with Crippen molar-refractivity contribution in [3.8, 4) is 11.1 Å². The zero-order chi connectivity index (χ0) is 17.8. The molecule has 1 atom stereocenters. The standard InChI is InChI=1S/C21H22N2O2/c1-14(12-20-15(2)23-25-16(20)3)21(24)22-19-11-7-10-18(13-19)17-8-5-4-6-9-17/h4-11,13-14H,12H2,1-3H3,(H,22,24). The molecule has 1 unspecified atom stereocenters. The SMILES string of the molecule is Cc1noc(C)c1CC(C)C(=O)Nc1cccc(-c2ccccc2)c1. The average molecular weight is 334 g/mol. The Hall–Kier alpha value is -2.88. The molecule has 3 aromatic rings. The smallest absolute Gasteiger partial charge is 0.227 e. The third-order valence-corrected chi connectivity index (χ3v) is 4.38. The van der Waals surface area contributed by atoms with Crippen molar-refractivity contribution in [3.05, 3.63) is 71.6 Å². The number of aryl methyl sites for hydroxylation is 2. The van der Waals surface area contributed by atoms with Crippen LogP contribution in [-0.4, -0.2) is 11.1 Å². The fourth-order valence-corrected chi connectivity index (χ4v) is 2.86. The number of anilines is 1. The Bertz CT molecular complexity index is 849. The molecule has 25 heavy (non-hydrogen) atoms. The van der Waals surface area contributed by atoms with Crippen LogP contribution in [0.1, 0.15) is 23.9 Å². The Labute approximate surface area is 147 Å². The molecule has 0 radical (unpaired) electrons. The summed E-state index contributed by atoms with van der Waals surface area (Å²) >= 11 is 0. The molecule has 1 N–H and O–H groups in total. The van der Waals surface area contributed by atoms with Crippen LogP contribution in [0.25, 0.3) is 11.1 Å². The summed E-state index contributed by atoms with van der Waals surface area (Å²) in [6.45, 7) is 5.70. The third-order valence-electron chi connectivity index (χ3n) is 4.38. The Morgan fingerprint density at radius 2 is 1.80 bits per heavy atom. The molecule has 3 rings (SSSR count). The number of nitrogens with one attached hydrogen (secondary N) is 1. The number of amides is 1. The van der Waals surface area contributed by atoms with E-state index in [4.69, 9.17) is 4.52 Å². The second-order valence-electron chi connectivity index (χ2n) is 6.34. The summed E-state index contributed by atoms with van der Waals surface area (Å²) in [4.78, 5) is 12.5.